The molecule has 5 nitrogen and oxygen atoms in total. The molecule has 1 fully saturated rings. The fraction of sp³-hybridized carbons (Fsp3) is 0.158. The molecule has 2 aromatic carbocycles. The van der Waals surface area contributed by atoms with Gasteiger partial charge in [0, 0.05) is 30.5 Å². The van der Waals surface area contributed by atoms with E-state index in [0.717, 1.165) is 16.8 Å². The topological polar surface area (TPSA) is 61.4 Å². The lowest BCUT2D eigenvalue weighted by Crippen LogP contribution is -2.27. The molecular formula is C19H19N3O2. The monoisotopic (exact) mass is 321 g/mol. The summed E-state index contributed by atoms with van der Waals surface area (Å²) in [5, 5.41) is 5.57. The van der Waals surface area contributed by atoms with Gasteiger partial charge in [-0.25, -0.2) is 4.79 Å². The fourth-order valence-electron chi connectivity index (χ4n) is 2.57. The van der Waals surface area contributed by atoms with E-state index in [1.165, 1.54) is 6.08 Å². The van der Waals surface area contributed by atoms with Crippen LogP contribution in [-0.2, 0) is 4.79 Å². The summed E-state index contributed by atoms with van der Waals surface area (Å²) in [7, 11) is 0. The number of rotatable bonds is 4. The Morgan fingerprint density at radius 3 is 2.67 bits per heavy atom. The minimum Gasteiger partial charge on any atom is -0.336 e. The lowest BCUT2D eigenvalue weighted by atomic mass is 10.1. The summed E-state index contributed by atoms with van der Waals surface area (Å²) in [4.78, 5) is 25.3. The highest BCUT2D eigenvalue weighted by molar-refractivity contribution is 6.02. The number of nitrogens with zero attached hydrogens (tertiary/aromatic N) is 1. The first-order valence-electron chi connectivity index (χ1n) is 7.83. The molecule has 24 heavy (non-hydrogen) atoms. The molecule has 0 spiro atoms. The highest BCUT2D eigenvalue weighted by atomic mass is 16.2. The van der Waals surface area contributed by atoms with Gasteiger partial charge in [0.15, 0.2) is 0 Å². The highest BCUT2D eigenvalue weighted by Crippen LogP contribution is 2.19. The average Bonchev–Trinajstić information content (AvgIpc) is 3.00. The number of anilines is 2. The normalized spacial score (nSPS) is 14.0. The summed E-state index contributed by atoms with van der Waals surface area (Å²) < 4.78 is 0. The van der Waals surface area contributed by atoms with Crippen LogP contribution in [0.5, 0.6) is 0 Å². The predicted molar refractivity (Wildman–Crippen MR) is 96.0 cm³/mol. The van der Waals surface area contributed by atoms with Crippen LogP contribution < -0.4 is 15.5 Å². The summed E-state index contributed by atoms with van der Waals surface area (Å²) in [5.74, 6) is -0.192. The molecular weight excluding hydrogens is 302 g/mol. The fourth-order valence-corrected chi connectivity index (χ4v) is 2.57. The van der Waals surface area contributed by atoms with Crippen LogP contribution in [-0.4, -0.2) is 25.0 Å². The van der Waals surface area contributed by atoms with E-state index in [1.807, 2.05) is 43.3 Å². The first-order valence-corrected chi connectivity index (χ1v) is 7.83. The van der Waals surface area contributed by atoms with Crippen LogP contribution in [0.25, 0.3) is 6.08 Å². The zero-order valence-corrected chi connectivity index (χ0v) is 13.5. The van der Waals surface area contributed by atoms with Gasteiger partial charge in [-0.15, -0.1) is 0 Å². The highest BCUT2D eigenvalue weighted by Gasteiger charge is 2.20. The maximum absolute atomic E-state index is 12.0. The number of nitrogens with one attached hydrogen (secondary N) is 2. The van der Waals surface area contributed by atoms with E-state index in [0.29, 0.717) is 18.8 Å². The van der Waals surface area contributed by atoms with Crippen LogP contribution in [0.3, 0.4) is 0 Å². The molecule has 1 heterocycles. The summed E-state index contributed by atoms with van der Waals surface area (Å²) in [6.07, 6.45) is 3.29. The van der Waals surface area contributed by atoms with Crippen LogP contribution >= 0.6 is 0 Å². The smallest absolute Gasteiger partial charge is 0.321 e. The molecule has 0 bridgehead atoms. The van der Waals surface area contributed by atoms with Crippen LogP contribution in [0.4, 0.5) is 16.2 Å². The van der Waals surface area contributed by atoms with Gasteiger partial charge in [0.2, 0.25) is 5.91 Å². The van der Waals surface area contributed by atoms with E-state index in [2.05, 4.69) is 10.6 Å². The Morgan fingerprint density at radius 1 is 1.21 bits per heavy atom. The van der Waals surface area contributed by atoms with Crippen molar-refractivity contribution >= 4 is 29.4 Å². The van der Waals surface area contributed by atoms with Gasteiger partial charge in [0.25, 0.3) is 0 Å². The second kappa shape index (κ2) is 7.00. The number of amides is 3. The Labute approximate surface area is 141 Å². The molecule has 3 rings (SSSR count). The zero-order chi connectivity index (χ0) is 16.9. The second-order valence-corrected chi connectivity index (χ2v) is 5.67. The number of aryl methyl sites for hydroxylation is 1. The van der Waals surface area contributed by atoms with E-state index in [1.54, 1.807) is 23.1 Å². The van der Waals surface area contributed by atoms with E-state index in [-0.39, 0.29) is 11.9 Å². The Hall–Kier alpha value is -3.08. The molecule has 2 aromatic rings. The lowest BCUT2D eigenvalue weighted by molar-refractivity contribution is -0.111. The summed E-state index contributed by atoms with van der Waals surface area (Å²) in [5.41, 5.74) is 3.65. The maximum Gasteiger partial charge on any atom is 0.321 e. The van der Waals surface area contributed by atoms with E-state index < -0.39 is 0 Å². The molecule has 0 radical (unpaired) electrons. The van der Waals surface area contributed by atoms with E-state index >= 15 is 0 Å². The van der Waals surface area contributed by atoms with Gasteiger partial charge in [0.1, 0.15) is 0 Å². The third kappa shape index (κ3) is 3.81. The quantitative estimate of drug-likeness (QED) is 0.850. The molecule has 0 saturated carbocycles. The van der Waals surface area contributed by atoms with Crippen molar-refractivity contribution in [2.75, 3.05) is 23.3 Å². The van der Waals surface area contributed by atoms with Gasteiger partial charge in [-0.3, -0.25) is 9.69 Å². The number of benzene rings is 2. The van der Waals surface area contributed by atoms with Crippen molar-refractivity contribution in [2.45, 2.75) is 6.92 Å². The first kappa shape index (κ1) is 15.8. The molecule has 1 saturated heterocycles. The van der Waals surface area contributed by atoms with Gasteiger partial charge < -0.3 is 10.6 Å². The average molecular weight is 321 g/mol. The third-order valence-electron chi connectivity index (χ3n) is 3.77. The molecule has 1 aliphatic heterocycles. The first-order chi connectivity index (χ1) is 11.6. The van der Waals surface area contributed by atoms with Crippen molar-refractivity contribution in [1.29, 1.82) is 0 Å². The molecule has 2 N–H and O–H groups in total. The van der Waals surface area contributed by atoms with Crippen molar-refractivity contribution < 1.29 is 9.59 Å². The number of carbonyl (C=O) groups excluding carboxylic acids is 2. The Kier molecular flexibility index (Phi) is 4.61. The van der Waals surface area contributed by atoms with Gasteiger partial charge in [-0.05, 0) is 42.8 Å². The molecule has 0 unspecified atom stereocenters. The SMILES string of the molecule is Cc1cccc(/C=C/C(=O)Nc2ccc(N3CCNC3=O)cc2)c1. The van der Waals surface area contributed by atoms with Crippen molar-refractivity contribution in [1.82, 2.24) is 5.32 Å². The van der Waals surface area contributed by atoms with Crippen molar-refractivity contribution in [3.05, 3.63) is 65.7 Å². The molecule has 3 amide bonds. The number of carbonyl (C=O) groups is 2. The lowest BCUT2D eigenvalue weighted by Gasteiger charge is -2.14. The van der Waals surface area contributed by atoms with Crippen molar-refractivity contribution in [3.63, 3.8) is 0 Å². The Morgan fingerprint density at radius 2 is 2.00 bits per heavy atom. The predicted octanol–water partition coefficient (Wildman–Crippen LogP) is 3.18. The van der Waals surface area contributed by atoms with Gasteiger partial charge in [-0.2, -0.15) is 0 Å². The van der Waals surface area contributed by atoms with Crippen LogP contribution in [0.15, 0.2) is 54.6 Å². The van der Waals surface area contributed by atoms with Crippen molar-refractivity contribution in [3.8, 4) is 0 Å². The summed E-state index contributed by atoms with van der Waals surface area (Å²) >= 11 is 0. The summed E-state index contributed by atoms with van der Waals surface area (Å²) in [6, 6.07) is 15.1. The minimum atomic E-state index is -0.192. The van der Waals surface area contributed by atoms with Gasteiger partial charge in [-0.1, -0.05) is 29.8 Å². The third-order valence-corrected chi connectivity index (χ3v) is 3.77. The molecule has 5 heteroatoms. The maximum atomic E-state index is 12.0. The molecule has 0 aromatic heterocycles. The Bertz CT molecular complexity index is 781. The van der Waals surface area contributed by atoms with Gasteiger partial charge >= 0.3 is 6.03 Å². The van der Waals surface area contributed by atoms with Crippen LogP contribution in [0.2, 0.25) is 0 Å². The molecule has 0 atom stereocenters. The number of hydrogen-bond acceptors (Lipinski definition) is 2. The zero-order valence-electron chi connectivity index (χ0n) is 13.5. The van der Waals surface area contributed by atoms with Crippen molar-refractivity contribution in [2.24, 2.45) is 0 Å². The van der Waals surface area contributed by atoms with Gasteiger partial charge in [0.05, 0.1) is 0 Å². The van der Waals surface area contributed by atoms with Crippen LogP contribution in [0, 0.1) is 6.92 Å². The van der Waals surface area contributed by atoms with Crippen LogP contribution in [0.1, 0.15) is 11.1 Å². The molecule has 1 aliphatic rings. The second-order valence-electron chi connectivity index (χ2n) is 5.67. The number of hydrogen-bond donors (Lipinski definition) is 2. The molecule has 122 valence electrons. The standard InChI is InChI=1S/C19H19N3O2/c1-14-3-2-4-15(13-14)5-10-18(23)21-16-6-8-17(9-7-16)22-12-11-20-19(22)24/h2-10,13H,11-12H2,1H3,(H,20,24)(H,21,23)/b10-5+. The largest absolute Gasteiger partial charge is 0.336 e. The number of urea groups is 1. The summed E-state index contributed by atoms with van der Waals surface area (Å²) in [6.45, 7) is 3.32. The minimum absolute atomic E-state index is 0.0899. The Balaban J connectivity index is 1.61. The van der Waals surface area contributed by atoms with E-state index in [9.17, 15) is 9.59 Å². The van der Waals surface area contributed by atoms with E-state index in [4.69, 9.17) is 0 Å². The molecule has 0 aliphatic carbocycles.